The Morgan fingerprint density at radius 1 is 1.50 bits per heavy atom. The lowest BCUT2D eigenvalue weighted by molar-refractivity contribution is -0.119. The molecular formula is C15H19N5O2. The summed E-state index contributed by atoms with van der Waals surface area (Å²) in [6, 6.07) is 3.55. The molecule has 0 aliphatic carbocycles. The molecule has 2 atom stereocenters. The topological polar surface area (TPSA) is 81.1 Å². The molecule has 0 radical (unpaired) electrons. The molecule has 7 heteroatoms. The molecule has 1 amide bonds. The van der Waals surface area contributed by atoms with Crippen LogP contribution in [0.3, 0.4) is 0 Å². The van der Waals surface area contributed by atoms with Crippen LogP contribution < -0.4 is 15.4 Å². The second-order valence-electron chi connectivity index (χ2n) is 5.37. The maximum atomic E-state index is 12.6. The van der Waals surface area contributed by atoms with E-state index in [-0.39, 0.29) is 17.7 Å². The summed E-state index contributed by atoms with van der Waals surface area (Å²) in [6.07, 6.45) is 5.41. The number of carbonyl (C=O) groups is 1. The first kappa shape index (κ1) is 14.5. The molecule has 1 aliphatic heterocycles. The quantitative estimate of drug-likeness (QED) is 0.871. The van der Waals surface area contributed by atoms with Crippen LogP contribution in [0, 0.1) is 5.92 Å². The van der Waals surface area contributed by atoms with Crippen LogP contribution in [-0.2, 0) is 11.8 Å². The molecule has 1 fully saturated rings. The number of hydrogen-bond acceptors (Lipinski definition) is 5. The molecule has 116 valence electrons. The number of carbonyl (C=O) groups excluding carboxylic acids is 1. The number of nitrogens with zero attached hydrogens (tertiary/aromatic N) is 3. The summed E-state index contributed by atoms with van der Waals surface area (Å²) < 4.78 is 6.93. The minimum Gasteiger partial charge on any atom is -0.480 e. The molecular weight excluding hydrogens is 282 g/mol. The van der Waals surface area contributed by atoms with Crippen molar-refractivity contribution in [2.45, 2.75) is 5.92 Å². The van der Waals surface area contributed by atoms with E-state index in [1.54, 1.807) is 23.0 Å². The van der Waals surface area contributed by atoms with Crippen molar-refractivity contribution in [2.75, 3.05) is 25.5 Å². The maximum absolute atomic E-state index is 12.6. The highest BCUT2D eigenvalue weighted by Crippen LogP contribution is 2.30. The number of methoxy groups -OCH3 is 1. The van der Waals surface area contributed by atoms with Gasteiger partial charge in [-0.15, -0.1) is 0 Å². The van der Waals surface area contributed by atoms with Gasteiger partial charge in [0.2, 0.25) is 11.8 Å². The van der Waals surface area contributed by atoms with Gasteiger partial charge in [-0.2, -0.15) is 5.10 Å². The lowest BCUT2D eigenvalue weighted by Crippen LogP contribution is -2.28. The van der Waals surface area contributed by atoms with Crippen LogP contribution in [0.25, 0.3) is 0 Å². The minimum absolute atomic E-state index is 0.0369. The maximum Gasteiger partial charge on any atom is 0.237 e. The Kier molecular flexibility index (Phi) is 4.06. The standard InChI is InChI=1S/C15H19N5O2/c1-20-9-10(6-18-20)11-7-16-8-12(11)14(21)19-13-4-3-5-17-15(13)22-2/h3-6,9,11-12,16H,7-8H2,1-2H3,(H,19,21)/t11-,12+/m1/s1. The Hall–Kier alpha value is -2.41. The monoisotopic (exact) mass is 301 g/mol. The molecule has 0 saturated carbocycles. The molecule has 1 aliphatic rings. The van der Waals surface area contributed by atoms with E-state index in [2.05, 4.69) is 20.7 Å². The van der Waals surface area contributed by atoms with Gasteiger partial charge in [-0.05, 0) is 17.7 Å². The third-order valence-corrected chi connectivity index (χ3v) is 3.93. The predicted molar refractivity (Wildman–Crippen MR) is 81.7 cm³/mol. The van der Waals surface area contributed by atoms with E-state index < -0.39 is 0 Å². The van der Waals surface area contributed by atoms with Gasteiger partial charge < -0.3 is 15.4 Å². The highest BCUT2D eigenvalue weighted by molar-refractivity contribution is 5.94. The zero-order chi connectivity index (χ0) is 15.5. The summed E-state index contributed by atoms with van der Waals surface area (Å²) in [4.78, 5) is 16.7. The van der Waals surface area contributed by atoms with Gasteiger partial charge in [0.05, 0.1) is 19.2 Å². The molecule has 2 N–H and O–H groups in total. The lowest BCUT2D eigenvalue weighted by Gasteiger charge is -2.17. The number of pyridine rings is 1. The van der Waals surface area contributed by atoms with Crippen LogP contribution >= 0.6 is 0 Å². The summed E-state index contributed by atoms with van der Waals surface area (Å²) in [5.74, 6) is 0.357. The second kappa shape index (κ2) is 6.15. The Morgan fingerprint density at radius 2 is 2.36 bits per heavy atom. The van der Waals surface area contributed by atoms with Crippen molar-refractivity contribution in [1.29, 1.82) is 0 Å². The Labute approximate surface area is 128 Å². The first-order chi connectivity index (χ1) is 10.7. The molecule has 7 nitrogen and oxygen atoms in total. The second-order valence-corrected chi connectivity index (χ2v) is 5.37. The number of ether oxygens (including phenoxy) is 1. The van der Waals surface area contributed by atoms with Crippen molar-refractivity contribution in [2.24, 2.45) is 13.0 Å². The number of hydrogen-bond donors (Lipinski definition) is 2. The van der Waals surface area contributed by atoms with E-state index in [0.29, 0.717) is 18.1 Å². The highest BCUT2D eigenvalue weighted by Gasteiger charge is 2.35. The molecule has 2 aromatic rings. The number of aryl methyl sites for hydroxylation is 1. The SMILES string of the molecule is COc1ncccc1NC(=O)[C@H]1CNC[C@@H]1c1cnn(C)c1. The highest BCUT2D eigenvalue weighted by atomic mass is 16.5. The number of nitrogens with one attached hydrogen (secondary N) is 2. The fourth-order valence-corrected chi connectivity index (χ4v) is 2.81. The van der Waals surface area contributed by atoms with Crippen LogP contribution in [0.5, 0.6) is 5.88 Å². The van der Waals surface area contributed by atoms with Crippen LogP contribution in [0.4, 0.5) is 5.69 Å². The van der Waals surface area contributed by atoms with Crippen LogP contribution in [0.1, 0.15) is 11.5 Å². The lowest BCUT2D eigenvalue weighted by atomic mass is 9.90. The van der Waals surface area contributed by atoms with Gasteiger partial charge in [0, 0.05) is 38.4 Å². The summed E-state index contributed by atoms with van der Waals surface area (Å²) >= 11 is 0. The fraction of sp³-hybridized carbons (Fsp3) is 0.400. The minimum atomic E-state index is -0.144. The third kappa shape index (κ3) is 2.80. The predicted octanol–water partition coefficient (Wildman–Crippen LogP) is 0.765. The molecule has 3 rings (SSSR count). The third-order valence-electron chi connectivity index (χ3n) is 3.93. The Bertz CT molecular complexity index is 669. The van der Waals surface area contributed by atoms with Crippen molar-refractivity contribution >= 4 is 11.6 Å². The first-order valence-corrected chi connectivity index (χ1v) is 7.18. The normalized spacial score (nSPS) is 20.8. The van der Waals surface area contributed by atoms with Gasteiger partial charge >= 0.3 is 0 Å². The average Bonchev–Trinajstić information content (AvgIpc) is 3.16. The average molecular weight is 301 g/mol. The van der Waals surface area contributed by atoms with E-state index in [0.717, 1.165) is 12.1 Å². The van der Waals surface area contributed by atoms with Crippen molar-refractivity contribution < 1.29 is 9.53 Å². The van der Waals surface area contributed by atoms with Gasteiger partial charge in [0.1, 0.15) is 5.69 Å². The van der Waals surface area contributed by atoms with E-state index >= 15 is 0 Å². The van der Waals surface area contributed by atoms with Gasteiger partial charge in [-0.1, -0.05) is 0 Å². The molecule has 0 aromatic carbocycles. The molecule has 22 heavy (non-hydrogen) atoms. The number of rotatable bonds is 4. The fourth-order valence-electron chi connectivity index (χ4n) is 2.81. The van der Waals surface area contributed by atoms with E-state index in [1.807, 2.05) is 19.4 Å². The molecule has 0 unspecified atom stereocenters. The summed E-state index contributed by atoms with van der Waals surface area (Å²) in [5, 5.41) is 10.4. The Morgan fingerprint density at radius 3 is 3.09 bits per heavy atom. The van der Waals surface area contributed by atoms with Gasteiger partial charge in [-0.25, -0.2) is 4.98 Å². The number of aromatic nitrogens is 3. The van der Waals surface area contributed by atoms with Crippen LogP contribution in [0.15, 0.2) is 30.7 Å². The van der Waals surface area contributed by atoms with E-state index in [9.17, 15) is 4.79 Å². The van der Waals surface area contributed by atoms with Crippen molar-refractivity contribution in [1.82, 2.24) is 20.1 Å². The largest absolute Gasteiger partial charge is 0.480 e. The molecule has 3 heterocycles. The summed E-state index contributed by atoms with van der Waals surface area (Å²) in [7, 11) is 3.41. The van der Waals surface area contributed by atoms with Gasteiger partial charge in [-0.3, -0.25) is 9.48 Å². The van der Waals surface area contributed by atoms with Crippen molar-refractivity contribution in [3.8, 4) is 5.88 Å². The van der Waals surface area contributed by atoms with Crippen molar-refractivity contribution in [3.63, 3.8) is 0 Å². The zero-order valence-corrected chi connectivity index (χ0v) is 12.6. The molecule has 0 spiro atoms. The van der Waals surface area contributed by atoms with E-state index in [4.69, 9.17) is 4.74 Å². The smallest absolute Gasteiger partial charge is 0.237 e. The summed E-state index contributed by atoms with van der Waals surface area (Å²) in [5.41, 5.74) is 1.66. The zero-order valence-electron chi connectivity index (χ0n) is 12.6. The van der Waals surface area contributed by atoms with Gasteiger partial charge in [0.15, 0.2) is 0 Å². The van der Waals surface area contributed by atoms with Gasteiger partial charge in [0.25, 0.3) is 0 Å². The molecule has 0 bridgehead atoms. The van der Waals surface area contributed by atoms with Crippen LogP contribution in [-0.4, -0.2) is 40.9 Å². The Balaban J connectivity index is 1.76. The van der Waals surface area contributed by atoms with Crippen LogP contribution in [0.2, 0.25) is 0 Å². The summed E-state index contributed by atoms with van der Waals surface area (Å²) in [6.45, 7) is 1.42. The van der Waals surface area contributed by atoms with Crippen molar-refractivity contribution in [3.05, 3.63) is 36.3 Å². The van der Waals surface area contributed by atoms with E-state index in [1.165, 1.54) is 7.11 Å². The molecule has 1 saturated heterocycles. The first-order valence-electron chi connectivity index (χ1n) is 7.18. The molecule has 2 aromatic heterocycles. The number of anilines is 1. The number of amides is 1.